The molecule has 0 bridgehead atoms. The monoisotopic (exact) mass is 282 g/mol. The minimum Gasteiger partial charge on any atom is -0.344 e. The van der Waals surface area contributed by atoms with E-state index in [1.54, 1.807) is 17.5 Å². The normalized spacial score (nSPS) is 18.0. The predicted molar refractivity (Wildman–Crippen MR) is 77.2 cm³/mol. The fourth-order valence-electron chi connectivity index (χ4n) is 2.24. The van der Waals surface area contributed by atoms with Crippen LogP contribution in [0.15, 0.2) is 11.6 Å². The summed E-state index contributed by atoms with van der Waals surface area (Å²) in [6.45, 7) is 8.38. The van der Waals surface area contributed by atoms with Crippen molar-refractivity contribution in [1.29, 1.82) is 0 Å². The molecule has 2 heterocycles. The van der Waals surface area contributed by atoms with Gasteiger partial charge in [0, 0.05) is 24.7 Å². The summed E-state index contributed by atoms with van der Waals surface area (Å²) in [6.07, 6.45) is 2.87. The second-order valence-electron chi connectivity index (χ2n) is 5.39. The lowest BCUT2D eigenvalue weighted by molar-refractivity contribution is -0.123. The van der Waals surface area contributed by atoms with Gasteiger partial charge in [-0.1, -0.05) is 0 Å². The van der Waals surface area contributed by atoms with Gasteiger partial charge < -0.3 is 10.6 Å². The third-order valence-corrected chi connectivity index (χ3v) is 4.32. The third-order valence-electron chi connectivity index (χ3n) is 3.22. The zero-order valence-electron chi connectivity index (χ0n) is 11.6. The molecule has 0 aliphatic carbocycles. The molecule has 1 saturated heterocycles. The van der Waals surface area contributed by atoms with Gasteiger partial charge in [0.05, 0.1) is 12.1 Å². The van der Waals surface area contributed by atoms with Crippen LogP contribution in [0.25, 0.3) is 0 Å². The maximum absolute atomic E-state index is 12.1. The SMILES string of the molecule is CC(C)(NC(=O)CN1CCCNCC1)c1nccs1. The highest BCUT2D eigenvalue weighted by atomic mass is 32.1. The first-order valence-electron chi connectivity index (χ1n) is 6.72. The fourth-order valence-corrected chi connectivity index (χ4v) is 2.95. The van der Waals surface area contributed by atoms with Crippen molar-refractivity contribution in [2.24, 2.45) is 0 Å². The van der Waals surface area contributed by atoms with E-state index >= 15 is 0 Å². The van der Waals surface area contributed by atoms with E-state index in [-0.39, 0.29) is 5.91 Å². The first kappa shape index (κ1) is 14.4. The Hall–Kier alpha value is -0.980. The van der Waals surface area contributed by atoms with Gasteiger partial charge in [-0.25, -0.2) is 4.98 Å². The molecule has 0 unspecified atom stereocenters. The van der Waals surface area contributed by atoms with Gasteiger partial charge in [0.1, 0.15) is 5.01 Å². The first-order chi connectivity index (χ1) is 9.08. The van der Waals surface area contributed by atoms with Crippen molar-refractivity contribution in [3.63, 3.8) is 0 Å². The van der Waals surface area contributed by atoms with Crippen LogP contribution >= 0.6 is 11.3 Å². The molecule has 2 N–H and O–H groups in total. The van der Waals surface area contributed by atoms with Gasteiger partial charge in [-0.2, -0.15) is 0 Å². The van der Waals surface area contributed by atoms with Crippen molar-refractivity contribution < 1.29 is 4.79 Å². The summed E-state index contributed by atoms with van der Waals surface area (Å²) in [5, 5.41) is 9.29. The smallest absolute Gasteiger partial charge is 0.234 e. The Kier molecular flexibility index (Phi) is 4.90. The third kappa shape index (κ3) is 4.26. The van der Waals surface area contributed by atoms with E-state index in [9.17, 15) is 4.79 Å². The molecule has 0 radical (unpaired) electrons. The summed E-state index contributed by atoms with van der Waals surface area (Å²) in [5.74, 6) is 0.0714. The highest BCUT2D eigenvalue weighted by Gasteiger charge is 2.26. The minimum absolute atomic E-state index is 0.0714. The Morgan fingerprint density at radius 2 is 2.37 bits per heavy atom. The molecule has 1 aromatic heterocycles. The van der Waals surface area contributed by atoms with Crippen LogP contribution in [0.5, 0.6) is 0 Å². The molecule has 2 rings (SSSR count). The number of nitrogens with one attached hydrogen (secondary N) is 2. The summed E-state index contributed by atoms with van der Waals surface area (Å²) in [5.41, 5.74) is -0.394. The molecule has 0 spiro atoms. The molecule has 1 aromatic rings. The van der Waals surface area contributed by atoms with E-state index in [1.807, 2.05) is 19.2 Å². The number of carbonyl (C=O) groups excluding carboxylic acids is 1. The number of rotatable bonds is 4. The lowest BCUT2D eigenvalue weighted by Gasteiger charge is -2.26. The summed E-state index contributed by atoms with van der Waals surface area (Å²) in [7, 11) is 0. The van der Waals surface area contributed by atoms with Crippen LogP contribution in [0.1, 0.15) is 25.3 Å². The van der Waals surface area contributed by atoms with Gasteiger partial charge in [-0.3, -0.25) is 9.69 Å². The Bertz CT molecular complexity index is 397. The second kappa shape index (κ2) is 6.45. The number of thiazole rings is 1. The van der Waals surface area contributed by atoms with E-state index in [4.69, 9.17) is 0 Å². The van der Waals surface area contributed by atoms with Gasteiger partial charge in [0.2, 0.25) is 5.91 Å². The Morgan fingerprint density at radius 1 is 1.53 bits per heavy atom. The summed E-state index contributed by atoms with van der Waals surface area (Å²) in [6, 6.07) is 0. The van der Waals surface area contributed by atoms with Crippen LogP contribution in [-0.2, 0) is 10.3 Å². The summed E-state index contributed by atoms with van der Waals surface area (Å²) < 4.78 is 0. The maximum atomic E-state index is 12.1. The molecule has 1 aliphatic rings. The molecule has 5 nitrogen and oxygen atoms in total. The van der Waals surface area contributed by atoms with Crippen LogP contribution in [0.4, 0.5) is 0 Å². The molecule has 19 heavy (non-hydrogen) atoms. The quantitative estimate of drug-likeness (QED) is 0.857. The van der Waals surface area contributed by atoms with E-state index < -0.39 is 5.54 Å². The summed E-state index contributed by atoms with van der Waals surface area (Å²) in [4.78, 5) is 18.6. The van der Waals surface area contributed by atoms with Crippen LogP contribution in [-0.4, -0.2) is 48.5 Å². The number of aromatic nitrogens is 1. The predicted octanol–water partition coefficient (Wildman–Crippen LogP) is 0.790. The maximum Gasteiger partial charge on any atom is 0.234 e. The number of hydrogen-bond acceptors (Lipinski definition) is 5. The van der Waals surface area contributed by atoms with Crippen LogP contribution in [0.2, 0.25) is 0 Å². The number of nitrogens with zero attached hydrogens (tertiary/aromatic N) is 2. The van der Waals surface area contributed by atoms with Crippen LogP contribution in [0.3, 0.4) is 0 Å². The van der Waals surface area contributed by atoms with Crippen molar-refractivity contribution in [3.8, 4) is 0 Å². The zero-order chi connectivity index (χ0) is 13.7. The largest absolute Gasteiger partial charge is 0.344 e. The molecule has 0 atom stereocenters. The first-order valence-corrected chi connectivity index (χ1v) is 7.60. The average molecular weight is 282 g/mol. The molecule has 6 heteroatoms. The Morgan fingerprint density at radius 3 is 3.11 bits per heavy atom. The molecule has 0 saturated carbocycles. The average Bonchev–Trinajstić information content (AvgIpc) is 2.77. The Balaban J connectivity index is 1.86. The van der Waals surface area contributed by atoms with Gasteiger partial charge in [0.15, 0.2) is 0 Å². The van der Waals surface area contributed by atoms with Gasteiger partial charge in [-0.05, 0) is 33.4 Å². The van der Waals surface area contributed by atoms with Crippen LogP contribution < -0.4 is 10.6 Å². The molecular formula is C13H22N4OS. The van der Waals surface area contributed by atoms with E-state index in [0.717, 1.165) is 37.6 Å². The van der Waals surface area contributed by atoms with E-state index in [0.29, 0.717) is 6.54 Å². The minimum atomic E-state index is -0.394. The molecule has 1 amide bonds. The van der Waals surface area contributed by atoms with Crippen molar-refractivity contribution in [3.05, 3.63) is 16.6 Å². The van der Waals surface area contributed by atoms with E-state index in [2.05, 4.69) is 20.5 Å². The lowest BCUT2D eigenvalue weighted by atomic mass is 10.1. The molecule has 1 aliphatic heterocycles. The summed E-state index contributed by atoms with van der Waals surface area (Å²) >= 11 is 1.57. The van der Waals surface area contributed by atoms with Crippen molar-refractivity contribution in [2.75, 3.05) is 32.7 Å². The number of hydrogen-bond donors (Lipinski definition) is 2. The number of carbonyl (C=O) groups is 1. The second-order valence-corrected chi connectivity index (χ2v) is 6.28. The Labute approximate surface area is 118 Å². The topological polar surface area (TPSA) is 57.3 Å². The molecular weight excluding hydrogens is 260 g/mol. The molecule has 106 valence electrons. The van der Waals surface area contributed by atoms with Crippen LogP contribution in [0, 0.1) is 0 Å². The molecule has 1 fully saturated rings. The van der Waals surface area contributed by atoms with Crippen molar-refractivity contribution >= 4 is 17.2 Å². The highest BCUT2D eigenvalue weighted by Crippen LogP contribution is 2.21. The fraction of sp³-hybridized carbons (Fsp3) is 0.692. The van der Waals surface area contributed by atoms with Crippen molar-refractivity contribution in [2.45, 2.75) is 25.8 Å². The van der Waals surface area contributed by atoms with Gasteiger partial charge >= 0.3 is 0 Å². The molecule has 0 aromatic carbocycles. The zero-order valence-corrected chi connectivity index (χ0v) is 12.4. The van der Waals surface area contributed by atoms with Crippen molar-refractivity contribution in [1.82, 2.24) is 20.5 Å². The standard InChI is InChI=1S/C13H22N4OS/c1-13(2,12-15-6-9-19-12)16-11(18)10-17-7-3-4-14-5-8-17/h6,9,14H,3-5,7-8,10H2,1-2H3,(H,16,18). The van der Waals surface area contributed by atoms with Gasteiger partial charge in [-0.15, -0.1) is 11.3 Å². The van der Waals surface area contributed by atoms with E-state index in [1.165, 1.54) is 0 Å². The number of amides is 1. The lowest BCUT2D eigenvalue weighted by Crippen LogP contribution is -2.46. The highest BCUT2D eigenvalue weighted by molar-refractivity contribution is 7.09. The van der Waals surface area contributed by atoms with Gasteiger partial charge in [0.25, 0.3) is 0 Å².